The van der Waals surface area contributed by atoms with Gasteiger partial charge in [-0.1, -0.05) is 12.1 Å². The summed E-state index contributed by atoms with van der Waals surface area (Å²) in [7, 11) is -3.19. The minimum atomic E-state index is -4.50. The molecule has 54 heavy (non-hydrogen) atoms. The highest BCUT2D eigenvalue weighted by molar-refractivity contribution is 7.92. The molecule has 0 fully saturated rings. The zero-order valence-corrected chi connectivity index (χ0v) is 31.1. The lowest BCUT2D eigenvalue weighted by Gasteiger charge is -2.20. The maximum absolute atomic E-state index is 14.4. The molecule has 2 aromatic heterocycles. The molecule has 0 unspecified atom stereocenters. The summed E-state index contributed by atoms with van der Waals surface area (Å²) in [6.07, 6.45) is 4.41. The van der Waals surface area contributed by atoms with Crippen molar-refractivity contribution in [1.82, 2.24) is 15.0 Å². The third-order valence-corrected chi connectivity index (χ3v) is 9.25. The molecule has 2 heterocycles. The van der Waals surface area contributed by atoms with Crippen molar-refractivity contribution in [3.63, 3.8) is 0 Å². The average molecular weight is 763 g/mol. The zero-order chi connectivity index (χ0) is 39.0. The van der Waals surface area contributed by atoms with Crippen LogP contribution in [0.25, 0.3) is 22.0 Å². The van der Waals surface area contributed by atoms with Gasteiger partial charge < -0.3 is 19.5 Å². The Morgan fingerprint density at radius 1 is 0.852 bits per heavy atom. The van der Waals surface area contributed by atoms with Gasteiger partial charge in [0.15, 0.2) is 0 Å². The molecular formula is C38H40F2N6O7S. The molecule has 5 aromatic rings. The van der Waals surface area contributed by atoms with E-state index in [9.17, 15) is 26.8 Å². The topological polar surface area (TPSA) is 171 Å². The second kappa shape index (κ2) is 16.8. The number of aryl methyl sites for hydroxylation is 1. The highest BCUT2D eigenvalue weighted by Crippen LogP contribution is 2.36. The summed E-state index contributed by atoms with van der Waals surface area (Å²) in [5.74, 6) is -2.00. The summed E-state index contributed by atoms with van der Waals surface area (Å²) in [6, 6.07) is 14.1. The Morgan fingerprint density at radius 3 is 2.30 bits per heavy atom. The lowest BCUT2D eigenvalue weighted by molar-refractivity contribution is -0.116. The Morgan fingerprint density at radius 2 is 1.59 bits per heavy atom. The molecule has 0 saturated carbocycles. The number of unbranched alkanes of at least 4 members (excludes halogenated alkanes) is 2. The van der Waals surface area contributed by atoms with Crippen LogP contribution in [0, 0.1) is 18.6 Å². The smallest absolute Gasteiger partial charge is 0.412 e. The third kappa shape index (κ3) is 10.2. The number of nitrogens with one attached hydrogen (secondary N) is 3. The van der Waals surface area contributed by atoms with Gasteiger partial charge in [-0.15, -0.1) is 0 Å². The van der Waals surface area contributed by atoms with Gasteiger partial charge in [0.05, 0.1) is 25.1 Å². The van der Waals surface area contributed by atoms with Crippen molar-refractivity contribution in [3.8, 4) is 22.8 Å². The molecule has 5 rings (SSSR count). The summed E-state index contributed by atoms with van der Waals surface area (Å²) in [5, 5.41) is 6.20. The van der Waals surface area contributed by atoms with Gasteiger partial charge in [-0.2, -0.15) is 0 Å². The molecule has 3 N–H and O–H groups in total. The molecular weight excluding hydrogens is 723 g/mol. The number of aromatic nitrogens is 3. The van der Waals surface area contributed by atoms with Crippen LogP contribution in [0.2, 0.25) is 0 Å². The van der Waals surface area contributed by atoms with Gasteiger partial charge in [0, 0.05) is 35.3 Å². The number of amides is 2. The molecule has 0 aliphatic rings. The Balaban J connectivity index is 1.24. The summed E-state index contributed by atoms with van der Waals surface area (Å²) in [5.41, 5.74) is 2.44. The number of methoxy groups -OCH3 is 1. The van der Waals surface area contributed by atoms with E-state index < -0.39 is 38.2 Å². The van der Waals surface area contributed by atoms with Gasteiger partial charge in [0.1, 0.15) is 45.4 Å². The standard InChI is InChI=1S/C38H40F2N6O7S/c1-23-27-17-24(25-18-31(36(51-5)41-21-25)46-54(49,50)33-15-14-26(39)20-28(33)40)19-32(35(27)43-22-42-23)52-16-10-6-7-13-34(47)44-29-11-8-9-12-30(29)45-37(48)53-38(2,3)4/h8-9,11-12,14-15,17-22,46H,6-7,10,13,16H2,1-5H3,(H,44,47)(H,45,48). The van der Waals surface area contributed by atoms with E-state index in [1.54, 1.807) is 51.1 Å². The van der Waals surface area contributed by atoms with E-state index in [0.717, 1.165) is 12.1 Å². The van der Waals surface area contributed by atoms with Crippen LogP contribution < -0.4 is 24.8 Å². The first kappa shape index (κ1) is 39.3. The number of hydrogen-bond donors (Lipinski definition) is 3. The highest BCUT2D eigenvalue weighted by Gasteiger charge is 2.23. The van der Waals surface area contributed by atoms with Crippen molar-refractivity contribution >= 4 is 50.0 Å². The average Bonchev–Trinajstić information content (AvgIpc) is 3.09. The molecule has 0 spiro atoms. The first-order valence-electron chi connectivity index (χ1n) is 16.9. The van der Waals surface area contributed by atoms with Crippen LogP contribution in [0.4, 0.5) is 30.6 Å². The van der Waals surface area contributed by atoms with Crippen molar-refractivity contribution in [2.45, 2.75) is 63.9 Å². The predicted molar refractivity (Wildman–Crippen MR) is 200 cm³/mol. The molecule has 3 aromatic carbocycles. The number of fused-ring (bicyclic) bond motifs is 1. The molecule has 13 nitrogen and oxygen atoms in total. The number of nitrogens with zero attached hydrogens (tertiary/aromatic N) is 3. The van der Waals surface area contributed by atoms with Crippen molar-refractivity contribution in [3.05, 3.63) is 90.5 Å². The summed E-state index contributed by atoms with van der Waals surface area (Å²) in [4.78, 5) is 37.2. The number of benzene rings is 3. The summed E-state index contributed by atoms with van der Waals surface area (Å²) >= 11 is 0. The second-order valence-corrected chi connectivity index (χ2v) is 14.8. The number of carbonyl (C=O) groups is 2. The normalized spacial score (nSPS) is 11.5. The van der Waals surface area contributed by atoms with E-state index in [2.05, 4.69) is 30.3 Å². The molecule has 0 aliphatic heterocycles. The van der Waals surface area contributed by atoms with Crippen LogP contribution in [0.5, 0.6) is 11.6 Å². The number of ether oxygens (including phenoxy) is 3. The lowest BCUT2D eigenvalue weighted by atomic mass is 10.0. The molecule has 284 valence electrons. The second-order valence-electron chi connectivity index (χ2n) is 13.2. The quantitative estimate of drug-likeness (QED) is 0.0942. The fourth-order valence-corrected chi connectivity index (χ4v) is 6.46. The number of pyridine rings is 1. The maximum Gasteiger partial charge on any atom is 0.412 e. The van der Waals surface area contributed by atoms with Gasteiger partial charge in [0.25, 0.3) is 10.0 Å². The molecule has 2 amide bonds. The SMILES string of the molecule is COc1ncc(-c2cc(OCCCCCC(=O)Nc3ccccc3NC(=O)OC(C)(C)C)c3ncnc(C)c3c2)cc1NS(=O)(=O)c1ccc(F)cc1F. The van der Waals surface area contributed by atoms with Crippen LogP contribution in [-0.2, 0) is 19.6 Å². The first-order chi connectivity index (χ1) is 25.6. The van der Waals surface area contributed by atoms with Crippen LogP contribution in [0.15, 0.2) is 78.1 Å². The number of carbonyl (C=O) groups excluding carboxylic acids is 2. The fraction of sp³-hybridized carbons (Fsp3) is 0.289. The number of halogens is 2. The molecule has 0 atom stereocenters. The molecule has 0 radical (unpaired) electrons. The van der Waals surface area contributed by atoms with Gasteiger partial charge in [-0.25, -0.2) is 36.9 Å². The van der Waals surface area contributed by atoms with Gasteiger partial charge in [-0.05, 0) is 95.0 Å². The van der Waals surface area contributed by atoms with Gasteiger partial charge in [-0.3, -0.25) is 14.8 Å². The largest absolute Gasteiger partial charge is 0.491 e. The van der Waals surface area contributed by atoms with E-state index in [0.29, 0.717) is 76.8 Å². The number of sulfonamides is 1. The minimum Gasteiger partial charge on any atom is -0.491 e. The van der Waals surface area contributed by atoms with Crippen LogP contribution >= 0.6 is 0 Å². The Labute approximate surface area is 311 Å². The van der Waals surface area contributed by atoms with E-state index in [-0.39, 0.29) is 23.9 Å². The Hall–Kier alpha value is -5.90. The minimum absolute atomic E-state index is 0.0722. The number of para-hydroxylation sites is 2. The van der Waals surface area contributed by atoms with E-state index in [1.807, 2.05) is 13.0 Å². The number of anilines is 3. The number of hydrogen-bond acceptors (Lipinski definition) is 10. The Kier molecular flexibility index (Phi) is 12.3. The predicted octanol–water partition coefficient (Wildman–Crippen LogP) is 8.01. The summed E-state index contributed by atoms with van der Waals surface area (Å²) in [6.45, 7) is 7.41. The van der Waals surface area contributed by atoms with E-state index >= 15 is 0 Å². The Bertz CT molecular complexity index is 2280. The van der Waals surface area contributed by atoms with Crippen molar-refractivity contribution < 1.29 is 41.0 Å². The van der Waals surface area contributed by atoms with Crippen LogP contribution in [0.1, 0.15) is 52.1 Å². The molecule has 0 bridgehead atoms. The third-order valence-electron chi connectivity index (χ3n) is 7.85. The maximum atomic E-state index is 14.4. The van der Waals surface area contributed by atoms with E-state index in [4.69, 9.17) is 14.2 Å². The zero-order valence-electron chi connectivity index (χ0n) is 30.3. The van der Waals surface area contributed by atoms with Gasteiger partial charge >= 0.3 is 6.09 Å². The van der Waals surface area contributed by atoms with E-state index in [1.165, 1.54) is 25.7 Å². The molecule has 0 saturated heterocycles. The van der Waals surface area contributed by atoms with Crippen molar-refractivity contribution in [1.29, 1.82) is 0 Å². The fourth-order valence-electron chi connectivity index (χ4n) is 5.35. The highest BCUT2D eigenvalue weighted by atomic mass is 32.2. The van der Waals surface area contributed by atoms with Crippen LogP contribution in [0.3, 0.4) is 0 Å². The first-order valence-corrected chi connectivity index (χ1v) is 18.4. The van der Waals surface area contributed by atoms with Crippen molar-refractivity contribution in [2.75, 3.05) is 29.1 Å². The van der Waals surface area contributed by atoms with Crippen LogP contribution in [-0.4, -0.2) is 54.7 Å². The monoisotopic (exact) mass is 762 g/mol. The lowest BCUT2D eigenvalue weighted by Crippen LogP contribution is -2.27. The molecule has 0 aliphatic carbocycles. The molecule has 16 heteroatoms. The number of rotatable bonds is 14. The summed E-state index contributed by atoms with van der Waals surface area (Å²) < 4.78 is 73.1. The van der Waals surface area contributed by atoms with Gasteiger partial charge in [0.2, 0.25) is 11.8 Å². The van der Waals surface area contributed by atoms with Crippen molar-refractivity contribution in [2.24, 2.45) is 0 Å².